The maximum absolute atomic E-state index is 14.6. The Kier molecular flexibility index (Phi) is 6.89. The van der Waals surface area contributed by atoms with Crippen LogP contribution in [0.3, 0.4) is 0 Å². The standard InChI is InChI=1S/C20H19F5N6O2/c1-12-2-3-15(30-29-6-5-26)14(8-12)17(32)31-7-4-19(21,22)16(31)11-33-18-27-9-13(10-28-18)20(23,24)25/h2-3,5-6,8-10,16,26,30H,4,7,11H2,1H3/b26-5?,29-6-/t16-/m1/s1. The topological polar surface area (TPSA) is 104 Å². The Bertz CT molecular complexity index is 1040. The first-order chi connectivity index (χ1) is 15.5. The van der Waals surface area contributed by atoms with Gasteiger partial charge in [-0.15, -0.1) is 0 Å². The number of anilines is 1. The number of nitrogens with zero attached hydrogens (tertiary/aromatic N) is 4. The molecule has 33 heavy (non-hydrogen) atoms. The van der Waals surface area contributed by atoms with E-state index in [0.717, 1.165) is 17.3 Å². The molecule has 2 heterocycles. The molecule has 13 heteroatoms. The van der Waals surface area contributed by atoms with Gasteiger partial charge in [-0.3, -0.25) is 10.2 Å². The second-order valence-electron chi connectivity index (χ2n) is 7.19. The van der Waals surface area contributed by atoms with Crippen LogP contribution in [0, 0.1) is 12.3 Å². The van der Waals surface area contributed by atoms with Crippen LogP contribution >= 0.6 is 0 Å². The van der Waals surface area contributed by atoms with Crippen LogP contribution in [-0.2, 0) is 6.18 Å². The van der Waals surface area contributed by atoms with Crippen molar-refractivity contribution in [3.63, 3.8) is 0 Å². The van der Waals surface area contributed by atoms with Gasteiger partial charge in [-0.2, -0.15) is 18.3 Å². The van der Waals surface area contributed by atoms with Crippen molar-refractivity contribution >= 4 is 24.0 Å². The van der Waals surface area contributed by atoms with Crippen molar-refractivity contribution in [1.29, 1.82) is 5.41 Å². The molecule has 2 aromatic rings. The summed E-state index contributed by atoms with van der Waals surface area (Å²) in [6, 6.07) is 2.56. The summed E-state index contributed by atoms with van der Waals surface area (Å²) in [6.07, 6.45) is -2.24. The molecule has 1 saturated heterocycles. The number of carbonyl (C=O) groups excluding carboxylic acids is 1. The van der Waals surface area contributed by atoms with Gasteiger partial charge in [-0.25, -0.2) is 18.7 Å². The summed E-state index contributed by atoms with van der Waals surface area (Å²) < 4.78 is 72.1. The molecule has 1 aliphatic rings. The molecular weight excluding hydrogens is 451 g/mol. The quantitative estimate of drug-likeness (QED) is 0.364. The number of aromatic nitrogens is 2. The third-order valence-electron chi connectivity index (χ3n) is 4.88. The molecular formula is C20H19F5N6O2. The lowest BCUT2D eigenvalue weighted by atomic mass is 10.1. The van der Waals surface area contributed by atoms with Gasteiger partial charge in [0.25, 0.3) is 11.8 Å². The number of likely N-dealkylation sites (tertiary alicyclic amines) is 1. The molecule has 2 N–H and O–H groups in total. The third kappa shape index (κ3) is 5.59. The number of halogens is 5. The molecule has 0 unspecified atom stereocenters. The van der Waals surface area contributed by atoms with Crippen LogP contribution in [0.25, 0.3) is 0 Å². The van der Waals surface area contributed by atoms with Gasteiger partial charge >= 0.3 is 12.2 Å². The zero-order chi connectivity index (χ0) is 24.2. The van der Waals surface area contributed by atoms with Gasteiger partial charge in [-0.05, 0) is 19.1 Å². The minimum Gasteiger partial charge on any atom is -0.461 e. The van der Waals surface area contributed by atoms with Gasteiger partial charge in [-0.1, -0.05) is 11.6 Å². The van der Waals surface area contributed by atoms with E-state index >= 15 is 0 Å². The molecule has 0 spiro atoms. The highest BCUT2D eigenvalue weighted by Gasteiger charge is 2.51. The summed E-state index contributed by atoms with van der Waals surface area (Å²) in [4.78, 5) is 20.9. The van der Waals surface area contributed by atoms with Crippen molar-refractivity contribution in [1.82, 2.24) is 14.9 Å². The number of amides is 1. The number of ether oxygens (including phenoxy) is 1. The van der Waals surface area contributed by atoms with E-state index in [1.807, 2.05) is 0 Å². The lowest BCUT2D eigenvalue weighted by Gasteiger charge is -2.28. The van der Waals surface area contributed by atoms with Crippen molar-refractivity contribution in [2.24, 2.45) is 5.10 Å². The molecule has 1 amide bonds. The number of carbonyl (C=O) groups is 1. The Morgan fingerprint density at radius 3 is 2.70 bits per heavy atom. The van der Waals surface area contributed by atoms with Crippen LogP contribution in [0.15, 0.2) is 35.7 Å². The molecule has 176 valence electrons. The van der Waals surface area contributed by atoms with Gasteiger partial charge in [0.2, 0.25) is 0 Å². The molecule has 0 aliphatic carbocycles. The molecule has 1 atom stereocenters. The average Bonchev–Trinajstić information content (AvgIpc) is 3.06. The summed E-state index contributed by atoms with van der Waals surface area (Å²) >= 11 is 0. The van der Waals surface area contributed by atoms with E-state index in [1.165, 1.54) is 6.07 Å². The number of hydrogen-bond donors (Lipinski definition) is 2. The first-order valence-corrected chi connectivity index (χ1v) is 9.62. The summed E-state index contributed by atoms with van der Waals surface area (Å²) in [6.45, 7) is 0.748. The van der Waals surface area contributed by atoms with Crippen molar-refractivity contribution < 1.29 is 31.5 Å². The number of hydrazone groups is 1. The molecule has 0 radical (unpaired) electrons. The Morgan fingerprint density at radius 1 is 1.36 bits per heavy atom. The molecule has 1 fully saturated rings. The Labute approximate surface area is 185 Å². The zero-order valence-corrected chi connectivity index (χ0v) is 17.2. The number of hydrogen-bond acceptors (Lipinski definition) is 7. The SMILES string of the molecule is Cc1ccc(N/N=C\C=N)c(C(=O)N2CCC(F)(F)[C@H]2COc2ncc(C(F)(F)F)cn2)c1. The fraction of sp³-hybridized carbons (Fsp3) is 0.350. The minimum atomic E-state index is -4.65. The molecule has 1 aromatic heterocycles. The average molecular weight is 470 g/mol. The highest BCUT2D eigenvalue weighted by Crippen LogP contribution is 2.36. The highest BCUT2D eigenvalue weighted by atomic mass is 19.4. The lowest BCUT2D eigenvalue weighted by Crippen LogP contribution is -2.46. The maximum atomic E-state index is 14.6. The first kappa shape index (κ1) is 24.0. The summed E-state index contributed by atoms with van der Waals surface area (Å²) in [7, 11) is 0. The number of rotatable bonds is 7. The van der Waals surface area contributed by atoms with E-state index in [-0.39, 0.29) is 17.8 Å². The number of benzene rings is 1. The van der Waals surface area contributed by atoms with Crippen LogP contribution in [-0.4, -0.2) is 58.3 Å². The first-order valence-electron chi connectivity index (χ1n) is 9.62. The maximum Gasteiger partial charge on any atom is 0.419 e. The van der Waals surface area contributed by atoms with Gasteiger partial charge in [0.15, 0.2) is 0 Å². The van der Waals surface area contributed by atoms with Crippen LogP contribution in [0.2, 0.25) is 0 Å². The van der Waals surface area contributed by atoms with Crippen molar-refractivity contribution in [2.45, 2.75) is 31.5 Å². The normalized spacial score (nSPS) is 17.9. The second-order valence-corrected chi connectivity index (χ2v) is 7.19. The second kappa shape index (κ2) is 9.46. The third-order valence-corrected chi connectivity index (χ3v) is 4.88. The zero-order valence-electron chi connectivity index (χ0n) is 17.2. The van der Waals surface area contributed by atoms with E-state index in [0.29, 0.717) is 18.0 Å². The molecule has 3 rings (SSSR count). The fourth-order valence-corrected chi connectivity index (χ4v) is 3.20. The van der Waals surface area contributed by atoms with Gasteiger partial charge in [0.1, 0.15) is 12.6 Å². The van der Waals surface area contributed by atoms with Gasteiger partial charge in [0.05, 0.1) is 23.0 Å². The molecule has 1 aromatic carbocycles. The summed E-state index contributed by atoms with van der Waals surface area (Å²) in [5, 5.41) is 10.7. The predicted molar refractivity (Wildman–Crippen MR) is 109 cm³/mol. The molecule has 0 saturated carbocycles. The number of nitrogens with one attached hydrogen (secondary N) is 2. The van der Waals surface area contributed by atoms with Crippen molar-refractivity contribution in [3.05, 3.63) is 47.3 Å². The summed E-state index contributed by atoms with van der Waals surface area (Å²) in [5.41, 5.74) is 2.54. The van der Waals surface area contributed by atoms with E-state index < -0.39 is 48.6 Å². The fourth-order valence-electron chi connectivity index (χ4n) is 3.20. The smallest absolute Gasteiger partial charge is 0.419 e. The van der Waals surface area contributed by atoms with E-state index in [2.05, 4.69) is 20.5 Å². The largest absolute Gasteiger partial charge is 0.461 e. The van der Waals surface area contributed by atoms with Gasteiger partial charge in [0, 0.05) is 31.6 Å². The Balaban J connectivity index is 1.80. The van der Waals surface area contributed by atoms with Crippen LogP contribution in [0.5, 0.6) is 6.01 Å². The van der Waals surface area contributed by atoms with Gasteiger partial charge < -0.3 is 15.0 Å². The van der Waals surface area contributed by atoms with E-state index in [4.69, 9.17) is 10.1 Å². The Hall–Kier alpha value is -3.64. The number of aryl methyl sites for hydroxylation is 1. The van der Waals surface area contributed by atoms with Crippen LogP contribution < -0.4 is 10.2 Å². The van der Waals surface area contributed by atoms with E-state index in [9.17, 15) is 26.7 Å². The number of alkyl halides is 5. The highest BCUT2D eigenvalue weighted by molar-refractivity contribution is 6.14. The molecule has 0 bridgehead atoms. The lowest BCUT2D eigenvalue weighted by molar-refractivity contribution is -0.138. The molecule has 1 aliphatic heterocycles. The minimum absolute atomic E-state index is 0.0885. The van der Waals surface area contributed by atoms with Crippen LogP contribution in [0.1, 0.15) is 27.9 Å². The molecule has 8 nitrogen and oxygen atoms in total. The monoisotopic (exact) mass is 470 g/mol. The summed E-state index contributed by atoms with van der Waals surface area (Å²) in [5.74, 6) is -4.00. The Morgan fingerprint density at radius 2 is 2.06 bits per heavy atom. The van der Waals surface area contributed by atoms with Crippen molar-refractivity contribution in [3.8, 4) is 6.01 Å². The van der Waals surface area contributed by atoms with Crippen molar-refractivity contribution in [2.75, 3.05) is 18.6 Å². The predicted octanol–water partition coefficient (Wildman–Crippen LogP) is 3.78. The van der Waals surface area contributed by atoms with Crippen LogP contribution in [0.4, 0.5) is 27.6 Å². The van der Waals surface area contributed by atoms with E-state index in [1.54, 1.807) is 19.1 Å².